The molecule has 0 spiro atoms. The van der Waals surface area contributed by atoms with Gasteiger partial charge in [0.2, 0.25) is 0 Å². The first kappa shape index (κ1) is 57.2. The third-order valence-electron chi connectivity index (χ3n) is 10.8. The van der Waals surface area contributed by atoms with Crippen molar-refractivity contribution in [2.45, 2.75) is 258 Å². The van der Waals surface area contributed by atoms with Gasteiger partial charge in [0.05, 0.1) is 13.2 Å². The van der Waals surface area contributed by atoms with Gasteiger partial charge in [-0.05, 0) is 25.7 Å². The molecule has 0 rings (SSSR count). The Morgan fingerprint density at radius 2 is 0.814 bits per heavy atom. The van der Waals surface area contributed by atoms with E-state index in [0.29, 0.717) is 12.8 Å². The lowest BCUT2D eigenvalue weighted by atomic mass is 10.0. The van der Waals surface area contributed by atoms with Crippen molar-refractivity contribution >= 4 is 31.5 Å². The summed E-state index contributed by atoms with van der Waals surface area (Å²) in [5, 5.41) is 8.71. The van der Waals surface area contributed by atoms with E-state index in [-0.39, 0.29) is 63.9 Å². The second kappa shape index (κ2) is 42.9. The number of rotatable bonds is 47. The Balaban J connectivity index is 4.46. The van der Waals surface area contributed by atoms with Gasteiger partial charge in [0.1, 0.15) is 12.4 Å². The highest BCUT2D eigenvalue weighted by Gasteiger charge is 2.26. The van der Waals surface area contributed by atoms with Gasteiger partial charge in [-0.2, -0.15) is 0 Å². The first-order valence-electron chi connectivity index (χ1n) is 24.3. The smallest absolute Gasteiger partial charge is 0.472 e. The Labute approximate surface area is 360 Å². The number of phosphoric acid groups is 1. The van der Waals surface area contributed by atoms with Gasteiger partial charge in [-0.3, -0.25) is 28.2 Å². The first-order chi connectivity index (χ1) is 28.6. The summed E-state index contributed by atoms with van der Waals surface area (Å²) in [5.41, 5.74) is 0. The molecule has 0 fully saturated rings. The minimum Gasteiger partial charge on any atom is -0.481 e. The predicted octanol–water partition coefficient (Wildman–Crippen LogP) is 13.7. The molecular formula is C47H89O11P. The van der Waals surface area contributed by atoms with Gasteiger partial charge >= 0.3 is 25.7 Å². The Bertz CT molecular complexity index is 1050. The molecule has 0 saturated heterocycles. The maximum Gasteiger partial charge on any atom is 0.472 e. The topological polar surface area (TPSA) is 163 Å². The summed E-state index contributed by atoms with van der Waals surface area (Å²) in [6.45, 7) is 3.48. The summed E-state index contributed by atoms with van der Waals surface area (Å²) < 4.78 is 33.6. The molecule has 59 heavy (non-hydrogen) atoms. The number of carbonyl (C=O) groups is 4. The third kappa shape index (κ3) is 44.1. The molecule has 2 N–H and O–H groups in total. The van der Waals surface area contributed by atoms with Gasteiger partial charge < -0.3 is 19.5 Å². The summed E-state index contributed by atoms with van der Waals surface area (Å²) >= 11 is 0. The van der Waals surface area contributed by atoms with Crippen LogP contribution in [0, 0.1) is 0 Å². The number of hydrogen-bond acceptors (Lipinski definition) is 9. The predicted molar refractivity (Wildman–Crippen MR) is 237 cm³/mol. The first-order valence-corrected chi connectivity index (χ1v) is 25.8. The molecule has 2 atom stereocenters. The monoisotopic (exact) mass is 861 g/mol. The number of Topliss-reactive ketones (excluding diaryl/α,β-unsaturated/α-hetero) is 1. The second-order valence-corrected chi connectivity index (χ2v) is 18.1. The van der Waals surface area contributed by atoms with Crippen molar-refractivity contribution in [1.29, 1.82) is 0 Å². The highest BCUT2D eigenvalue weighted by atomic mass is 31.2. The number of unbranched alkanes of at least 4 members (excludes halogenated alkanes) is 28. The zero-order valence-electron chi connectivity index (χ0n) is 37.9. The molecule has 0 aromatic rings. The molecule has 0 heterocycles. The molecule has 12 heteroatoms. The fraction of sp³-hybridized carbons (Fsp3) is 0.915. The molecule has 0 aromatic heterocycles. The van der Waals surface area contributed by atoms with E-state index >= 15 is 0 Å². The van der Waals surface area contributed by atoms with Gasteiger partial charge in [-0.15, -0.1) is 0 Å². The molecule has 11 nitrogen and oxygen atoms in total. The highest BCUT2D eigenvalue weighted by molar-refractivity contribution is 7.47. The van der Waals surface area contributed by atoms with Crippen molar-refractivity contribution < 1.29 is 52.3 Å². The Morgan fingerprint density at radius 3 is 1.22 bits per heavy atom. The SMILES string of the molecule is CCCCCCCCCCCCCCCCCC(=O)OCC(COP(=O)(O)OCCCC(=O)CCCC(=O)O)OC(=O)CCCCCCCCCCCCCCCCC. The van der Waals surface area contributed by atoms with Crippen molar-refractivity contribution in [3.05, 3.63) is 0 Å². The molecule has 2 unspecified atom stereocenters. The third-order valence-corrected chi connectivity index (χ3v) is 11.8. The lowest BCUT2D eigenvalue weighted by Gasteiger charge is -2.20. The molecule has 0 radical (unpaired) electrons. The van der Waals surface area contributed by atoms with Gasteiger partial charge in [0.15, 0.2) is 6.10 Å². The van der Waals surface area contributed by atoms with Crippen LogP contribution < -0.4 is 0 Å². The molecule has 0 aliphatic rings. The van der Waals surface area contributed by atoms with E-state index in [1.165, 1.54) is 141 Å². The quantitative estimate of drug-likeness (QED) is 0.0340. The Hall–Kier alpha value is -1.81. The fourth-order valence-corrected chi connectivity index (χ4v) is 7.91. The maximum absolute atomic E-state index is 12.7. The van der Waals surface area contributed by atoms with E-state index in [1.54, 1.807) is 0 Å². The molecule has 0 bridgehead atoms. The van der Waals surface area contributed by atoms with Crippen molar-refractivity contribution in [2.24, 2.45) is 0 Å². The number of ether oxygens (including phenoxy) is 2. The largest absolute Gasteiger partial charge is 0.481 e. The van der Waals surface area contributed by atoms with Crippen LogP contribution in [0.4, 0.5) is 0 Å². The number of aliphatic carboxylic acids is 1. The Morgan fingerprint density at radius 1 is 0.441 bits per heavy atom. The van der Waals surface area contributed by atoms with Gasteiger partial charge in [0.25, 0.3) is 0 Å². The molecule has 0 aromatic carbocycles. The molecule has 0 saturated carbocycles. The second-order valence-electron chi connectivity index (χ2n) is 16.7. The van der Waals surface area contributed by atoms with Crippen LogP contribution in [0.15, 0.2) is 0 Å². The number of ketones is 1. The highest BCUT2D eigenvalue weighted by Crippen LogP contribution is 2.43. The number of carboxylic acids is 1. The number of hydrogen-bond donors (Lipinski definition) is 2. The van der Waals surface area contributed by atoms with Crippen LogP contribution in [0.25, 0.3) is 0 Å². The Kier molecular flexibility index (Phi) is 41.5. The molecular weight excluding hydrogens is 771 g/mol. The lowest BCUT2D eigenvalue weighted by Crippen LogP contribution is -2.29. The average molecular weight is 861 g/mol. The van der Waals surface area contributed by atoms with Crippen LogP contribution in [0.3, 0.4) is 0 Å². The number of esters is 2. The molecule has 0 aliphatic heterocycles. The van der Waals surface area contributed by atoms with E-state index < -0.39 is 38.4 Å². The van der Waals surface area contributed by atoms with E-state index in [9.17, 15) is 28.6 Å². The van der Waals surface area contributed by atoms with Crippen molar-refractivity contribution in [2.75, 3.05) is 19.8 Å². The summed E-state index contributed by atoms with van der Waals surface area (Å²) in [6, 6.07) is 0. The summed E-state index contributed by atoms with van der Waals surface area (Å²) in [7, 11) is -4.55. The summed E-state index contributed by atoms with van der Waals surface area (Å²) in [4.78, 5) is 58.0. The lowest BCUT2D eigenvalue weighted by molar-refractivity contribution is -0.161. The van der Waals surface area contributed by atoms with Crippen LogP contribution in [0.5, 0.6) is 0 Å². The number of carboxylic acid groups (broad SMARTS) is 1. The van der Waals surface area contributed by atoms with E-state index in [0.717, 1.165) is 38.5 Å². The van der Waals surface area contributed by atoms with E-state index in [2.05, 4.69) is 13.8 Å². The standard InChI is InChI=1S/C47H89O11P/c1-3-5-7-9-11-13-15-17-19-21-23-25-27-29-31-38-46(51)55-41-44(42-57-59(53,54)56-40-34-36-43(48)35-33-37-45(49)50)58-47(52)39-32-30-28-26-24-22-20-18-16-14-12-10-8-6-4-2/h44H,3-42H2,1-2H3,(H,49,50)(H,53,54). The average Bonchev–Trinajstić information content (AvgIpc) is 3.20. The van der Waals surface area contributed by atoms with Gasteiger partial charge in [0, 0.05) is 32.1 Å². The molecule has 0 aliphatic carbocycles. The molecule has 348 valence electrons. The minimum absolute atomic E-state index is 0.0779. The van der Waals surface area contributed by atoms with E-state index in [4.69, 9.17) is 23.6 Å². The van der Waals surface area contributed by atoms with E-state index in [1.807, 2.05) is 0 Å². The number of carbonyl (C=O) groups excluding carboxylic acids is 3. The zero-order valence-corrected chi connectivity index (χ0v) is 38.8. The van der Waals surface area contributed by atoms with Gasteiger partial charge in [-0.1, -0.05) is 194 Å². The summed E-state index contributed by atoms with van der Waals surface area (Å²) in [5.74, 6) is -2.03. The minimum atomic E-state index is -4.55. The van der Waals surface area contributed by atoms with Crippen LogP contribution in [-0.4, -0.2) is 59.6 Å². The molecule has 0 amide bonds. The van der Waals surface area contributed by atoms with Crippen LogP contribution in [0.2, 0.25) is 0 Å². The van der Waals surface area contributed by atoms with Crippen LogP contribution >= 0.6 is 7.82 Å². The maximum atomic E-state index is 12.7. The van der Waals surface area contributed by atoms with Gasteiger partial charge in [-0.25, -0.2) is 4.57 Å². The zero-order chi connectivity index (χ0) is 43.5. The fourth-order valence-electron chi connectivity index (χ4n) is 7.13. The number of phosphoric ester groups is 1. The van der Waals surface area contributed by atoms with Crippen molar-refractivity contribution in [3.63, 3.8) is 0 Å². The van der Waals surface area contributed by atoms with Crippen LogP contribution in [-0.2, 0) is 42.3 Å². The van der Waals surface area contributed by atoms with Crippen LogP contribution in [0.1, 0.15) is 251 Å². The van der Waals surface area contributed by atoms with Crippen molar-refractivity contribution in [1.82, 2.24) is 0 Å². The normalized spacial score (nSPS) is 12.9. The van der Waals surface area contributed by atoms with Crippen molar-refractivity contribution in [3.8, 4) is 0 Å². The summed E-state index contributed by atoms with van der Waals surface area (Å²) in [6.07, 6.45) is 36.6.